The molecule has 0 saturated carbocycles. The average Bonchev–Trinajstić information content (AvgIpc) is 3.96. The summed E-state index contributed by atoms with van der Waals surface area (Å²) in [4.78, 5) is 0. The summed E-state index contributed by atoms with van der Waals surface area (Å²) >= 11 is 3.69. The van der Waals surface area contributed by atoms with Crippen molar-refractivity contribution in [3.8, 4) is 57.3 Å². The van der Waals surface area contributed by atoms with E-state index >= 15 is 0 Å². The van der Waals surface area contributed by atoms with Gasteiger partial charge in [-0.3, -0.25) is 0 Å². The lowest BCUT2D eigenvalue weighted by Crippen LogP contribution is -1.97. The zero-order valence-electron chi connectivity index (χ0n) is 36.0. The molecule has 0 aliphatic carbocycles. The summed E-state index contributed by atoms with van der Waals surface area (Å²) in [6.45, 7) is 6.03. The van der Waals surface area contributed by atoms with Gasteiger partial charge in [0.15, 0.2) is 0 Å². The first-order valence-corrected chi connectivity index (χ1v) is 23.9. The Morgan fingerprint density at radius 2 is 0.712 bits per heavy atom. The minimum atomic E-state index is 0.415. The van der Waals surface area contributed by atoms with Crippen LogP contribution in [-0.2, 0) is 0 Å². The molecule has 0 fully saturated rings. The van der Waals surface area contributed by atoms with E-state index in [0.717, 1.165) is 64.3 Å². The lowest BCUT2D eigenvalue weighted by molar-refractivity contribution is 0.304. The Bertz CT molecular complexity index is 1840. The van der Waals surface area contributed by atoms with Gasteiger partial charge in [-0.05, 0) is 95.5 Å². The molecule has 0 unspecified atom stereocenters. The Hall–Kier alpha value is -3.98. The fourth-order valence-corrected chi connectivity index (χ4v) is 7.93. The second-order valence-electron chi connectivity index (χ2n) is 16.0. The zero-order chi connectivity index (χ0) is 41.2. The van der Waals surface area contributed by atoms with Crippen LogP contribution in [-0.4, -0.2) is 33.6 Å². The largest absolute Gasteiger partial charge is 0.494 e. The lowest BCUT2D eigenvalue weighted by atomic mass is 10.1. The van der Waals surface area contributed by atoms with Gasteiger partial charge in [-0.2, -0.15) is 0 Å². The summed E-state index contributed by atoms with van der Waals surface area (Å²) in [5.41, 5.74) is 3.23. The van der Waals surface area contributed by atoms with Gasteiger partial charge in [0, 0.05) is 21.2 Å². The Morgan fingerprint density at radius 1 is 0.390 bits per heavy atom. The van der Waals surface area contributed by atoms with Gasteiger partial charge in [-0.15, -0.1) is 20.4 Å². The standard InChI is InChI=1S/C50H69BrN4O4/c1-3-5-7-9-11-13-15-17-19-21-23-25-37-56-43-32-27-40(28-33-43)47-52-54-49(58-47)42-31-36-45(46(51)39-42)50-55-53-48(59-50)41-29-34-44(35-30-41)57-38-26-24-22-20-18-16-14-12-10-8-6-4-2/h27-36,39H,3-26,37-38H2,1-2H3. The van der Waals surface area contributed by atoms with Crippen LogP contribution in [0, 0.1) is 0 Å². The number of nitrogens with zero attached hydrogens (tertiary/aromatic N) is 4. The quantitative estimate of drug-likeness (QED) is 0.0394. The summed E-state index contributed by atoms with van der Waals surface area (Å²) in [6, 6.07) is 21.4. The number of halogens is 1. The van der Waals surface area contributed by atoms with E-state index in [4.69, 9.17) is 18.3 Å². The van der Waals surface area contributed by atoms with Crippen LogP contribution in [0.3, 0.4) is 0 Å². The highest BCUT2D eigenvalue weighted by Crippen LogP contribution is 2.34. The van der Waals surface area contributed by atoms with Crippen LogP contribution < -0.4 is 9.47 Å². The molecule has 2 aromatic heterocycles. The van der Waals surface area contributed by atoms with E-state index in [2.05, 4.69) is 50.2 Å². The van der Waals surface area contributed by atoms with Crippen molar-refractivity contribution >= 4 is 15.9 Å². The molecule has 0 aliphatic heterocycles. The van der Waals surface area contributed by atoms with Crippen molar-refractivity contribution in [2.24, 2.45) is 0 Å². The van der Waals surface area contributed by atoms with Crippen molar-refractivity contribution in [2.45, 2.75) is 168 Å². The van der Waals surface area contributed by atoms with Crippen molar-refractivity contribution in [1.82, 2.24) is 20.4 Å². The maximum atomic E-state index is 6.09. The monoisotopic (exact) mass is 868 g/mol. The van der Waals surface area contributed by atoms with Crippen molar-refractivity contribution < 1.29 is 18.3 Å². The first-order chi connectivity index (χ1) is 29.1. The second-order valence-corrected chi connectivity index (χ2v) is 16.9. The van der Waals surface area contributed by atoms with Crippen molar-refractivity contribution in [3.63, 3.8) is 0 Å². The van der Waals surface area contributed by atoms with Crippen LogP contribution in [0.25, 0.3) is 45.8 Å². The van der Waals surface area contributed by atoms with E-state index < -0.39 is 0 Å². The molecule has 2 heterocycles. The normalized spacial score (nSPS) is 11.4. The van der Waals surface area contributed by atoms with E-state index in [1.165, 1.54) is 141 Å². The summed E-state index contributed by atoms with van der Waals surface area (Å²) in [6.07, 6.45) is 32.0. The maximum Gasteiger partial charge on any atom is 0.249 e. The predicted molar refractivity (Wildman–Crippen MR) is 245 cm³/mol. The first kappa shape index (κ1) is 46.1. The molecule has 8 nitrogen and oxygen atoms in total. The molecule has 0 spiro atoms. The van der Waals surface area contributed by atoms with Gasteiger partial charge in [-0.25, -0.2) is 0 Å². The molecule has 0 atom stereocenters. The van der Waals surface area contributed by atoms with Gasteiger partial charge >= 0.3 is 0 Å². The molecular weight excluding hydrogens is 800 g/mol. The molecule has 59 heavy (non-hydrogen) atoms. The smallest absolute Gasteiger partial charge is 0.249 e. The highest BCUT2D eigenvalue weighted by Gasteiger charge is 2.17. The van der Waals surface area contributed by atoms with Crippen LogP contribution in [0.5, 0.6) is 11.5 Å². The molecular formula is C50H69BrN4O4. The number of rotatable bonds is 32. The molecule has 0 amide bonds. The van der Waals surface area contributed by atoms with Crippen molar-refractivity contribution in [3.05, 3.63) is 71.2 Å². The summed E-state index contributed by atoms with van der Waals surface area (Å²) in [5.74, 6) is 3.45. The van der Waals surface area contributed by atoms with E-state index in [-0.39, 0.29) is 0 Å². The summed E-state index contributed by atoms with van der Waals surface area (Å²) in [5, 5.41) is 17.3. The fourth-order valence-electron chi connectivity index (χ4n) is 7.38. The van der Waals surface area contributed by atoms with Crippen LogP contribution in [0.15, 0.2) is 80.0 Å². The number of hydrogen-bond acceptors (Lipinski definition) is 8. The first-order valence-electron chi connectivity index (χ1n) is 23.1. The van der Waals surface area contributed by atoms with Gasteiger partial charge in [-0.1, -0.05) is 155 Å². The topological polar surface area (TPSA) is 96.3 Å². The SMILES string of the molecule is CCCCCCCCCCCCCCOc1ccc(-c2nnc(-c3ccc(-c4nnc(-c5ccc(OCCCCCCCCCCCCCC)cc5)o4)c(Br)c3)o2)cc1. The third-order valence-corrected chi connectivity index (χ3v) is 11.7. The van der Waals surface area contributed by atoms with E-state index in [1.807, 2.05) is 66.7 Å². The molecule has 0 N–H and O–H groups in total. The fraction of sp³-hybridized carbons (Fsp3) is 0.560. The molecule has 0 saturated heterocycles. The summed E-state index contributed by atoms with van der Waals surface area (Å²) in [7, 11) is 0. The number of ether oxygens (including phenoxy) is 2. The van der Waals surface area contributed by atoms with Crippen LogP contribution >= 0.6 is 15.9 Å². The number of unbranched alkanes of at least 4 members (excludes halogenated alkanes) is 22. The molecule has 320 valence electrons. The van der Waals surface area contributed by atoms with Crippen LogP contribution in [0.2, 0.25) is 0 Å². The highest BCUT2D eigenvalue weighted by molar-refractivity contribution is 9.10. The van der Waals surface area contributed by atoms with Crippen LogP contribution in [0.1, 0.15) is 168 Å². The van der Waals surface area contributed by atoms with Crippen molar-refractivity contribution in [1.29, 1.82) is 0 Å². The molecule has 3 aromatic carbocycles. The summed E-state index contributed by atoms with van der Waals surface area (Å²) < 4.78 is 24.9. The molecule has 0 radical (unpaired) electrons. The Labute approximate surface area is 362 Å². The predicted octanol–water partition coefficient (Wildman–Crippen LogP) is 16.0. The minimum Gasteiger partial charge on any atom is -0.494 e. The molecule has 0 bridgehead atoms. The lowest BCUT2D eigenvalue weighted by Gasteiger charge is -2.07. The van der Waals surface area contributed by atoms with E-state index in [9.17, 15) is 0 Å². The third kappa shape index (κ3) is 16.9. The zero-order valence-corrected chi connectivity index (χ0v) is 37.6. The number of benzene rings is 3. The molecule has 5 aromatic rings. The Morgan fingerprint density at radius 3 is 1.10 bits per heavy atom. The van der Waals surface area contributed by atoms with Gasteiger partial charge < -0.3 is 18.3 Å². The van der Waals surface area contributed by atoms with E-state index in [0.29, 0.717) is 23.6 Å². The van der Waals surface area contributed by atoms with Crippen LogP contribution in [0.4, 0.5) is 0 Å². The van der Waals surface area contributed by atoms with Gasteiger partial charge in [0.1, 0.15) is 11.5 Å². The highest BCUT2D eigenvalue weighted by atomic mass is 79.9. The van der Waals surface area contributed by atoms with Gasteiger partial charge in [0.2, 0.25) is 23.6 Å². The average molecular weight is 870 g/mol. The van der Waals surface area contributed by atoms with Crippen molar-refractivity contribution in [2.75, 3.05) is 13.2 Å². The van der Waals surface area contributed by atoms with E-state index in [1.54, 1.807) is 0 Å². The minimum absolute atomic E-state index is 0.415. The Kier molecular flexibility index (Phi) is 21.7. The Balaban J connectivity index is 0.982. The second kappa shape index (κ2) is 27.7. The number of hydrogen-bond donors (Lipinski definition) is 0. The molecule has 0 aliphatic rings. The maximum absolute atomic E-state index is 6.09. The number of aromatic nitrogens is 4. The van der Waals surface area contributed by atoms with Gasteiger partial charge in [0.05, 0.1) is 18.8 Å². The third-order valence-electron chi connectivity index (χ3n) is 11.0. The molecule has 5 rings (SSSR count). The van der Waals surface area contributed by atoms with Gasteiger partial charge in [0.25, 0.3) is 0 Å². The molecule has 9 heteroatoms.